The van der Waals surface area contributed by atoms with Crippen LogP contribution in [0.5, 0.6) is 0 Å². The van der Waals surface area contributed by atoms with Crippen LogP contribution in [0.2, 0.25) is 0 Å². The van der Waals surface area contributed by atoms with Crippen LogP contribution in [-0.4, -0.2) is 18.5 Å². The Morgan fingerprint density at radius 1 is 1.32 bits per heavy atom. The molecule has 2 rings (SSSR count). The van der Waals surface area contributed by atoms with Crippen molar-refractivity contribution in [3.8, 4) is 0 Å². The molecule has 100 valence electrons. The van der Waals surface area contributed by atoms with Crippen molar-refractivity contribution in [3.63, 3.8) is 0 Å². The van der Waals surface area contributed by atoms with Gasteiger partial charge in [0.15, 0.2) is 5.76 Å². The minimum atomic E-state index is -0.406. The molecule has 0 aliphatic carbocycles. The molecule has 0 spiro atoms. The first-order valence-electron chi connectivity index (χ1n) is 5.84. The normalized spacial score (nSPS) is 11.3. The second-order valence-electron chi connectivity index (χ2n) is 3.57. The largest absolute Gasteiger partial charge is 0.467 e. The molecule has 0 radical (unpaired) electrons. The molecule has 6 nitrogen and oxygen atoms in total. The number of rotatable bonds is 4. The molecule has 19 heavy (non-hydrogen) atoms. The number of aliphatic imine (C=N–C) groups is 1. The predicted octanol–water partition coefficient (Wildman–Crippen LogP) is 2.20. The predicted molar refractivity (Wildman–Crippen MR) is 67.6 cm³/mol. The Labute approximate surface area is 110 Å². The van der Waals surface area contributed by atoms with Crippen molar-refractivity contribution < 1.29 is 18.4 Å². The summed E-state index contributed by atoms with van der Waals surface area (Å²) in [5.41, 5.74) is 0. The van der Waals surface area contributed by atoms with Gasteiger partial charge >= 0.3 is 0 Å². The molecule has 2 aromatic heterocycles. The maximum Gasteiger partial charge on any atom is 0.294 e. The highest BCUT2D eigenvalue weighted by Gasteiger charge is 2.12. The van der Waals surface area contributed by atoms with Gasteiger partial charge in [-0.05, 0) is 31.2 Å². The van der Waals surface area contributed by atoms with Crippen molar-refractivity contribution in [1.82, 2.24) is 5.32 Å². The number of hydrogen-bond acceptors (Lipinski definition) is 5. The third-order valence-electron chi connectivity index (χ3n) is 2.21. The molecular formula is C13H14N2O4. The summed E-state index contributed by atoms with van der Waals surface area (Å²) in [4.78, 5) is 15.9. The average Bonchev–Trinajstić information content (AvgIpc) is 3.09. The van der Waals surface area contributed by atoms with Gasteiger partial charge in [-0.2, -0.15) is 0 Å². The summed E-state index contributed by atoms with van der Waals surface area (Å²) < 4.78 is 15.4. The number of carbonyl (C=O) groups excluding carboxylic acids is 1. The van der Waals surface area contributed by atoms with Crippen molar-refractivity contribution in [2.24, 2.45) is 4.99 Å². The first kappa shape index (κ1) is 12.9. The van der Waals surface area contributed by atoms with Crippen molar-refractivity contribution in [2.45, 2.75) is 13.5 Å². The standard InChI is InChI=1S/C13H14N2O4/c1-2-17-13(14-9-10-5-3-7-18-10)15-12(16)11-6-4-8-19-11/h3-8H,2,9H2,1H3,(H,14,15,16). The van der Waals surface area contributed by atoms with E-state index in [1.807, 2.05) is 6.92 Å². The molecule has 0 aromatic carbocycles. The Morgan fingerprint density at radius 3 is 2.74 bits per heavy atom. The third-order valence-corrected chi connectivity index (χ3v) is 2.21. The van der Waals surface area contributed by atoms with Gasteiger partial charge in [-0.25, -0.2) is 4.99 Å². The van der Waals surface area contributed by atoms with Crippen molar-refractivity contribution in [3.05, 3.63) is 48.3 Å². The van der Waals surface area contributed by atoms with E-state index in [2.05, 4.69) is 10.3 Å². The van der Waals surface area contributed by atoms with Gasteiger partial charge < -0.3 is 13.6 Å². The van der Waals surface area contributed by atoms with Gasteiger partial charge in [-0.1, -0.05) is 0 Å². The van der Waals surface area contributed by atoms with Crippen molar-refractivity contribution in [1.29, 1.82) is 0 Å². The van der Waals surface area contributed by atoms with Crippen LogP contribution < -0.4 is 5.32 Å². The van der Waals surface area contributed by atoms with E-state index in [1.54, 1.807) is 30.5 Å². The van der Waals surface area contributed by atoms with Gasteiger partial charge in [-0.15, -0.1) is 0 Å². The lowest BCUT2D eigenvalue weighted by Gasteiger charge is -2.07. The Hall–Kier alpha value is -2.50. The Morgan fingerprint density at radius 2 is 2.11 bits per heavy atom. The van der Waals surface area contributed by atoms with Crippen molar-refractivity contribution in [2.75, 3.05) is 6.61 Å². The number of hydrogen-bond donors (Lipinski definition) is 1. The van der Waals surface area contributed by atoms with E-state index in [-0.39, 0.29) is 11.8 Å². The summed E-state index contributed by atoms with van der Waals surface area (Å²) in [5.74, 6) is 0.478. The molecule has 0 bridgehead atoms. The summed E-state index contributed by atoms with van der Waals surface area (Å²) in [7, 11) is 0. The van der Waals surface area contributed by atoms with Gasteiger partial charge in [0.1, 0.15) is 12.3 Å². The van der Waals surface area contributed by atoms with Gasteiger partial charge in [0.2, 0.25) is 0 Å². The quantitative estimate of drug-likeness (QED) is 0.676. The van der Waals surface area contributed by atoms with E-state index >= 15 is 0 Å². The van der Waals surface area contributed by atoms with Crippen LogP contribution in [0.1, 0.15) is 23.2 Å². The molecule has 0 atom stereocenters. The number of amidine groups is 1. The second kappa shape index (κ2) is 6.44. The Kier molecular flexibility index (Phi) is 4.39. The molecule has 6 heteroatoms. The summed E-state index contributed by atoms with van der Waals surface area (Å²) in [6.07, 6.45) is 2.99. The molecule has 0 aliphatic rings. The molecule has 0 saturated carbocycles. The summed E-state index contributed by atoms with van der Waals surface area (Å²) in [6.45, 7) is 2.50. The van der Waals surface area contributed by atoms with Gasteiger partial charge in [0.25, 0.3) is 11.9 Å². The zero-order valence-corrected chi connectivity index (χ0v) is 10.5. The monoisotopic (exact) mass is 262 g/mol. The number of ether oxygens (including phenoxy) is 1. The van der Waals surface area contributed by atoms with Crippen LogP contribution in [0, 0.1) is 0 Å². The van der Waals surface area contributed by atoms with Crippen molar-refractivity contribution >= 4 is 11.9 Å². The first-order valence-corrected chi connectivity index (χ1v) is 5.84. The number of furan rings is 2. The molecule has 1 N–H and O–H groups in total. The fourth-order valence-electron chi connectivity index (χ4n) is 1.38. The van der Waals surface area contributed by atoms with E-state index in [0.29, 0.717) is 18.9 Å². The van der Waals surface area contributed by atoms with Crippen LogP contribution in [-0.2, 0) is 11.3 Å². The van der Waals surface area contributed by atoms with Crippen LogP contribution in [0.3, 0.4) is 0 Å². The summed E-state index contributed by atoms with van der Waals surface area (Å²) in [6, 6.07) is 6.90. The zero-order chi connectivity index (χ0) is 13.5. The molecule has 0 aliphatic heterocycles. The lowest BCUT2D eigenvalue weighted by Crippen LogP contribution is -2.32. The van der Waals surface area contributed by atoms with Crippen LogP contribution in [0.15, 0.2) is 50.6 Å². The van der Waals surface area contributed by atoms with Crippen LogP contribution in [0.4, 0.5) is 0 Å². The van der Waals surface area contributed by atoms with E-state index < -0.39 is 5.91 Å². The van der Waals surface area contributed by atoms with E-state index in [0.717, 1.165) is 0 Å². The van der Waals surface area contributed by atoms with E-state index in [1.165, 1.54) is 6.26 Å². The lowest BCUT2D eigenvalue weighted by molar-refractivity contribution is 0.0939. The fraction of sp³-hybridized carbons (Fsp3) is 0.231. The van der Waals surface area contributed by atoms with Gasteiger partial charge in [-0.3, -0.25) is 10.1 Å². The van der Waals surface area contributed by atoms with E-state index in [9.17, 15) is 4.79 Å². The molecule has 0 unspecified atom stereocenters. The highest BCUT2D eigenvalue weighted by atomic mass is 16.5. The SMILES string of the molecule is CCOC(=NCc1ccco1)NC(=O)c1ccco1. The average molecular weight is 262 g/mol. The number of nitrogens with zero attached hydrogens (tertiary/aromatic N) is 1. The lowest BCUT2D eigenvalue weighted by atomic mass is 10.4. The highest BCUT2D eigenvalue weighted by molar-refractivity contribution is 6.02. The van der Waals surface area contributed by atoms with Gasteiger partial charge in [0.05, 0.1) is 19.1 Å². The van der Waals surface area contributed by atoms with Crippen LogP contribution in [0.25, 0.3) is 0 Å². The first-order chi connectivity index (χ1) is 9.29. The zero-order valence-electron chi connectivity index (χ0n) is 10.5. The number of nitrogens with one attached hydrogen (secondary N) is 1. The Balaban J connectivity index is 1.99. The molecule has 2 heterocycles. The second-order valence-corrected chi connectivity index (χ2v) is 3.57. The number of amides is 1. The highest BCUT2D eigenvalue weighted by Crippen LogP contribution is 2.03. The molecular weight excluding hydrogens is 248 g/mol. The minimum absolute atomic E-state index is 0.139. The molecule has 1 amide bonds. The summed E-state index contributed by atoms with van der Waals surface area (Å²) >= 11 is 0. The van der Waals surface area contributed by atoms with E-state index in [4.69, 9.17) is 13.6 Å². The van der Waals surface area contributed by atoms with Crippen LogP contribution >= 0.6 is 0 Å². The minimum Gasteiger partial charge on any atom is -0.467 e. The topological polar surface area (TPSA) is 77.0 Å². The Bertz CT molecular complexity index is 529. The number of carbonyl (C=O) groups is 1. The third kappa shape index (κ3) is 3.74. The molecule has 2 aromatic rings. The maximum atomic E-state index is 11.8. The molecule has 0 fully saturated rings. The maximum absolute atomic E-state index is 11.8. The smallest absolute Gasteiger partial charge is 0.294 e. The fourth-order valence-corrected chi connectivity index (χ4v) is 1.38. The molecule has 0 saturated heterocycles. The van der Waals surface area contributed by atoms with Gasteiger partial charge in [0, 0.05) is 0 Å². The summed E-state index contributed by atoms with van der Waals surface area (Å²) in [5, 5.41) is 2.54.